The van der Waals surface area contributed by atoms with E-state index in [0.717, 1.165) is 11.1 Å². The second-order valence-electron chi connectivity index (χ2n) is 7.97. The van der Waals surface area contributed by atoms with Crippen LogP contribution in [-0.2, 0) is 24.3 Å². The van der Waals surface area contributed by atoms with Gasteiger partial charge in [0.15, 0.2) is 5.78 Å². The van der Waals surface area contributed by atoms with Crippen LogP contribution in [0.4, 0.5) is 0 Å². The highest BCUT2D eigenvalue weighted by atomic mass is 32.2. The van der Waals surface area contributed by atoms with Crippen molar-refractivity contribution < 1.29 is 22.7 Å². The summed E-state index contributed by atoms with van der Waals surface area (Å²) >= 11 is 0. The van der Waals surface area contributed by atoms with Gasteiger partial charge in [-0.3, -0.25) is 9.59 Å². The molecule has 2 aromatic rings. The van der Waals surface area contributed by atoms with Gasteiger partial charge in [0.05, 0.1) is 30.5 Å². The Balaban J connectivity index is 1.92. The van der Waals surface area contributed by atoms with Crippen molar-refractivity contribution in [1.82, 2.24) is 4.31 Å². The Morgan fingerprint density at radius 1 is 1.06 bits per heavy atom. The lowest BCUT2D eigenvalue weighted by molar-refractivity contribution is -0.141. The number of nitrogens with zero attached hydrogens (tertiary/aromatic N) is 1. The standard InChI is InChI=1S/C24H25NO5S/c1-16-11-13-18(14-12-16)31(28,29)25-20(15-22(27)30-2)19-9-6-10-21(26)23(19)24(25)17-7-4-3-5-8-17/h3-5,7-8,11-14,20,24H,6,9-10,15H2,1-2H3/t20-,24+/m0/s1. The zero-order valence-corrected chi connectivity index (χ0v) is 18.4. The average Bonchev–Trinajstić information content (AvgIpc) is 3.10. The lowest BCUT2D eigenvalue weighted by Crippen LogP contribution is -2.41. The molecule has 0 unspecified atom stereocenters. The summed E-state index contributed by atoms with van der Waals surface area (Å²) in [5.41, 5.74) is 2.92. The summed E-state index contributed by atoms with van der Waals surface area (Å²) in [4.78, 5) is 25.4. The van der Waals surface area contributed by atoms with Crippen LogP contribution in [0.3, 0.4) is 0 Å². The molecule has 31 heavy (non-hydrogen) atoms. The maximum absolute atomic E-state index is 13.9. The Hall–Kier alpha value is -2.77. The summed E-state index contributed by atoms with van der Waals surface area (Å²) in [6.45, 7) is 1.89. The van der Waals surface area contributed by atoms with Crippen LogP contribution in [0.15, 0.2) is 70.6 Å². The number of sulfonamides is 1. The zero-order chi connectivity index (χ0) is 22.2. The van der Waals surface area contributed by atoms with Crippen LogP contribution in [0.2, 0.25) is 0 Å². The SMILES string of the molecule is COC(=O)C[C@H]1C2=C(C(=O)CCC2)[C@@H](c2ccccc2)N1S(=O)(=O)c1ccc(C)cc1. The van der Waals surface area contributed by atoms with Crippen LogP contribution in [0.1, 0.15) is 42.9 Å². The number of benzene rings is 2. The summed E-state index contributed by atoms with van der Waals surface area (Å²) in [5.74, 6) is -0.556. The Bertz CT molecular complexity index is 1140. The van der Waals surface area contributed by atoms with Crippen molar-refractivity contribution in [3.63, 3.8) is 0 Å². The first-order chi connectivity index (χ1) is 14.8. The highest BCUT2D eigenvalue weighted by Crippen LogP contribution is 2.49. The minimum absolute atomic E-state index is 0.0495. The molecular weight excluding hydrogens is 414 g/mol. The number of methoxy groups -OCH3 is 1. The van der Waals surface area contributed by atoms with E-state index in [9.17, 15) is 18.0 Å². The fourth-order valence-electron chi connectivity index (χ4n) is 4.56. The molecule has 2 aromatic carbocycles. The molecule has 0 aromatic heterocycles. The number of rotatable bonds is 5. The molecule has 4 rings (SSSR count). The molecule has 7 heteroatoms. The summed E-state index contributed by atoms with van der Waals surface area (Å²) in [6.07, 6.45) is 1.49. The molecule has 1 aliphatic heterocycles. The summed E-state index contributed by atoms with van der Waals surface area (Å²) in [6, 6.07) is 14.3. The molecule has 1 heterocycles. The van der Waals surface area contributed by atoms with Gasteiger partial charge in [-0.15, -0.1) is 0 Å². The van der Waals surface area contributed by atoms with Crippen LogP contribution >= 0.6 is 0 Å². The molecule has 0 spiro atoms. The molecule has 1 aliphatic carbocycles. The molecule has 0 N–H and O–H groups in total. The van der Waals surface area contributed by atoms with Gasteiger partial charge in [0, 0.05) is 12.0 Å². The largest absolute Gasteiger partial charge is 0.469 e. The monoisotopic (exact) mass is 439 g/mol. The molecule has 0 amide bonds. The lowest BCUT2D eigenvalue weighted by Gasteiger charge is -2.31. The van der Waals surface area contributed by atoms with Crippen LogP contribution in [0.25, 0.3) is 0 Å². The fraction of sp³-hybridized carbons (Fsp3) is 0.333. The third-order valence-electron chi connectivity index (χ3n) is 6.03. The molecule has 0 fully saturated rings. The summed E-state index contributed by atoms with van der Waals surface area (Å²) in [7, 11) is -2.72. The first-order valence-corrected chi connectivity index (χ1v) is 11.8. The number of esters is 1. The minimum Gasteiger partial charge on any atom is -0.469 e. The molecule has 0 radical (unpaired) electrons. The topological polar surface area (TPSA) is 80.8 Å². The van der Waals surface area contributed by atoms with Crippen LogP contribution < -0.4 is 0 Å². The quantitative estimate of drug-likeness (QED) is 0.664. The van der Waals surface area contributed by atoms with E-state index < -0.39 is 28.1 Å². The average molecular weight is 440 g/mol. The first kappa shape index (κ1) is 21.5. The van der Waals surface area contributed by atoms with E-state index in [0.29, 0.717) is 30.4 Å². The van der Waals surface area contributed by atoms with E-state index in [-0.39, 0.29) is 17.1 Å². The van der Waals surface area contributed by atoms with E-state index in [2.05, 4.69) is 0 Å². The number of carbonyl (C=O) groups is 2. The molecule has 0 saturated carbocycles. The third-order valence-corrected chi connectivity index (χ3v) is 7.92. The number of hydrogen-bond donors (Lipinski definition) is 0. The van der Waals surface area contributed by atoms with Gasteiger partial charge < -0.3 is 4.74 Å². The smallest absolute Gasteiger partial charge is 0.307 e. The maximum Gasteiger partial charge on any atom is 0.307 e. The highest BCUT2D eigenvalue weighted by molar-refractivity contribution is 7.89. The number of Topliss-reactive ketones (excluding diaryl/α,β-unsaturated/α-hetero) is 1. The molecule has 6 nitrogen and oxygen atoms in total. The van der Waals surface area contributed by atoms with Crippen molar-refractivity contribution in [2.45, 2.75) is 49.6 Å². The summed E-state index contributed by atoms with van der Waals surface area (Å²) < 4.78 is 34.0. The number of aryl methyl sites for hydroxylation is 1. The summed E-state index contributed by atoms with van der Waals surface area (Å²) in [5, 5.41) is 0. The molecule has 2 aliphatic rings. The van der Waals surface area contributed by atoms with Crippen LogP contribution in [0, 0.1) is 6.92 Å². The van der Waals surface area contributed by atoms with E-state index >= 15 is 0 Å². The van der Waals surface area contributed by atoms with Gasteiger partial charge in [-0.2, -0.15) is 4.31 Å². The lowest BCUT2D eigenvalue weighted by atomic mass is 9.85. The van der Waals surface area contributed by atoms with E-state index in [1.165, 1.54) is 11.4 Å². The molecule has 0 saturated heterocycles. The number of carbonyl (C=O) groups excluding carboxylic acids is 2. The van der Waals surface area contributed by atoms with Gasteiger partial charge in [-0.05, 0) is 43.0 Å². The Morgan fingerprint density at radius 2 is 1.74 bits per heavy atom. The van der Waals surface area contributed by atoms with Crippen molar-refractivity contribution in [3.8, 4) is 0 Å². The predicted molar refractivity (Wildman–Crippen MR) is 116 cm³/mol. The second-order valence-corrected chi connectivity index (χ2v) is 9.82. The van der Waals surface area contributed by atoms with Crippen molar-refractivity contribution in [2.24, 2.45) is 0 Å². The van der Waals surface area contributed by atoms with Gasteiger partial charge in [-0.25, -0.2) is 8.42 Å². The van der Waals surface area contributed by atoms with E-state index in [4.69, 9.17) is 4.74 Å². The van der Waals surface area contributed by atoms with Gasteiger partial charge in [-0.1, -0.05) is 48.0 Å². The second kappa shape index (κ2) is 8.40. The zero-order valence-electron chi connectivity index (χ0n) is 17.6. The van der Waals surface area contributed by atoms with Gasteiger partial charge in [0.1, 0.15) is 0 Å². The van der Waals surface area contributed by atoms with Crippen molar-refractivity contribution in [1.29, 1.82) is 0 Å². The number of ether oxygens (including phenoxy) is 1. The highest BCUT2D eigenvalue weighted by Gasteiger charge is 2.51. The Morgan fingerprint density at radius 3 is 2.39 bits per heavy atom. The molecule has 2 atom stereocenters. The van der Waals surface area contributed by atoms with Gasteiger partial charge >= 0.3 is 5.97 Å². The number of hydrogen-bond acceptors (Lipinski definition) is 5. The minimum atomic E-state index is -4.01. The van der Waals surface area contributed by atoms with Crippen molar-refractivity contribution in [3.05, 3.63) is 76.9 Å². The molecule has 162 valence electrons. The fourth-order valence-corrected chi connectivity index (χ4v) is 6.33. The Kier molecular flexibility index (Phi) is 5.81. The van der Waals surface area contributed by atoms with Gasteiger partial charge in [0.25, 0.3) is 0 Å². The van der Waals surface area contributed by atoms with E-state index in [1.54, 1.807) is 24.3 Å². The Labute approximate surface area is 182 Å². The van der Waals surface area contributed by atoms with Crippen molar-refractivity contribution >= 4 is 21.8 Å². The van der Waals surface area contributed by atoms with Crippen LogP contribution in [-0.4, -0.2) is 37.6 Å². The van der Waals surface area contributed by atoms with E-state index in [1.807, 2.05) is 37.3 Å². The van der Waals surface area contributed by atoms with Crippen LogP contribution in [0.5, 0.6) is 0 Å². The number of ketones is 1. The van der Waals surface area contributed by atoms with Crippen molar-refractivity contribution in [2.75, 3.05) is 7.11 Å². The molecule has 0 bridgehead atoms. The first-order valence-electron chi connectivity index (χ1n) is 10.3. The normalized spacial score (nSPS) is 21.8. The molecular formula is C24H25NO5S. The maximum atomic E-state index is 13.9. The predicted octanol–water partition coefficient (Wildman–Crippen LogP) is 3.72. The van der Waals surface area contributed by atoms with Gasteiger partial charge in [0.2, 0.25) is 10.0 Å². The third kappa shape index (κ3) is 3.83.